The maximum Gasteiger partial charge on any atom is 0.253 e. The maximum absolute atomic E-state index is 12.1. The Balaban J connectivity index is 0.00000320. The minimum Gasteiger partial charge on any atom is -0.357 e. The zero-order valence-electron chi connectivity index (χ0n) is 18.1. The molecule has 0 spiro atoms. The number of nitrogens with zero attached hydrogens (tertiary/aromatic N) is 2. The van der Waals surface area contributed by atoms with Gasteiger partial charge >= 0.3 is 0 Å². The molecule has 0 radical (unpaired) electrons. The average Bonchev–Trinajstić information content (AvgIpc) is 3.52. The van der Waals surface area contributed by atoms with Crippen molar-refractivity contribution in [3.8, 4) is 0 Å². The zero-order chi connectivity index (χ0) is 20.6. The Morgan fingerprint density at radius 1 is 1.10 bits per heavy atom. The molecule has 5 nitrogen and oxygen atoms in total. The lowest BCUT2D eigenvalue weighted by molar-refractivity contribution is 0.0827. The molecule has 0 bridgehead atoms. The molecule has 1 saturated carbocycles. The van der Waals surface area contributed by atoms with E-state index in [1.807, 2.05) is 18.2 Å². The van der Waals surface area contributed by atoms with Crippen molar-refractivity contribution in [3.63, 3.8) is 0 Å². The molecule has 162 valence electrons. The van der Waals surface area contributed by atoms with E-state index >= 15 is 0 Å². The number of hydrogen-bond donors (Lipinski definition) is 2. The SMILES string of the molecule is CCNC(=NCC1CC1c1ccccc1)NCCc1cccc(C(=O)N(C)C)c1.I. The van der Waals surface area contributed by atoms with Crippen LogP contribution in [0.2, 0.25) is 0 Å². The molecule has 0 saturated heterocycles. The Labute approximate surface area is 197 Å². The molecule has 0 aromatic heterocycles. The molecular formula is C24H33IN4O. The van der Waals surface area contributed by atoms with E-state index < -0.39 is 0 Å². The summed E-state index contributed by atoms with van der Waals surface area (Å²) in [5.41, 5.74) is 3.30. The normalized spacial score (nSPS) is 17.6. The molecule has 1 amide bonds. The summed E-state index contributed by atoms with van der Waals surface area (Å²) in [7, 11) is 3.55. The predicted octanol–water partition coefficient (Wildman–Crippen LogP) is 3.91. The van der Waals surface area contributed by atoms with Crippen molar-refractivity contribution in [1.29, 1.82) is 0 Å². The van der Waals surface area contributed by atoms with E-state index in [-0.39, 0.29) is 29.9 Å². The van der Waals surface area contributed by atoms with Gasteiger partial charge in [0.1, 0.15) is 0 Å². The zero-order valence-corrected chi connectivity index (χ0v) is 20.4. The number of guanidine groups is 1. The molecule has 2 aromatic carbocycles. The summed E-state index contributed by atoms with van der Waals surface area (Å²) in [4.78, 5) is 18.5. The van der Waals surface area contributed by atoms with Gasteiger partial charge in [-0.3, -0.25) is 9.79 Å². The third kappa shape index (κ3) is 7.00. The van der Waals surface area contributed by atoms with E-state index in [4.69, 9.17) is 4.99 Å². The Kier molecular flexibility index (Phi) is 9.62. The molecule has 1 fully saturated rings. The number of nitrogens with one attached hydrogen (secondary N) is 2. The van der Waals surface area contributed by atoms with Gasteiger partial charge in [-0.15, -0.1) is 24.0 Å². The first-order chi connectivity index (χ1) is 14.1. The number of halogens is 1. The largest absolute Gasteiger partial charge is 0.357 e. The van der Waals surface area contributed by atoms with E-state index in [9.17, 15) is 4.79 Å². The average molecular weight is 520 g/mol. The van der Waals surface area contributed by atoms with Gasteiger partial charge in [-0.05, 0) is 54.9 Å². The highest BCUT2D eigenvalue weighted by atomic mass is 127. The summed E-state index contributed by atoms with van der Waals surface area (Å²) in [5, 5.41) is 6.75. The topological polar surface area (TPSA) is 56.7 Å². The lowest BCUT2D eigenvalue weighted by Gasteiger charge is -2.13. The van der Waals surface area contributed by atoms with Crippen molar-refractivity contribution >= 4 is 35.8 Å². The number of amides is 1. The second kappa shape index (κ2) is 11.9. The molecule has 2 N–H and O–H groups in total. The summed E-state index contributed by atoms with van der Waals surface area (Å²) < 4.78 is 0. The quantitative estimate of drug-likeness (QED) is 0.316. The molecule has 2 unspecified atom stereocenters. The van der Waals surface area contributed by atoms with E-state index in [0.29, 0.717) is 11.8 Å². The van der Waals surface area contributed by atoms with Gasteiger partial charge in [0.2, 0.25) is 0 Å². The summed E-state index contributed by atoms with van der Waals surface area (Å²) in [6.45, 7) is 4.54. The fraction of sp³-hybridized carbons (Fsp3) is 0.417. The fourth-order valence-electron chi connectivity index (χ4n) is 3.55. The monoisotopic (exact) mass is 520 g/mol. The third-order valence-electron chi connectivity index (χ3n) is 5.26. The van der Waals surface area contributed by atoms with Crippen molar-refractivity contribution < 1.29 is 4.79 Å². The Bertz CT molecular complexity index is 838. The van der Waals surface area contributed by atoms with E-state index in [2.05, 4.69) is 54.0 Å². The first-order valence-electron chi connectivity index (χ1n) is 10.5. The van der Waals surface area contributed by atoms with Gasteiger partial charge in [0.15, 0.2) is 5.96 Å². The number of rotatable bonds is 8. The Morgan fingerprint density at radius 3 is 2.57 bits per heavy atom. The minimum absolute atomic E-state index is 0. The Hall–Kier alpha value is -2.09. The van der Waals surface area contributed by atoms with Crippen molar-refractivity contribution in [1.82, 2.24) is 15.5 Å². The van der Waals surface area contributed by atoms with Crippen LogP contribution >= 0.6 is 24.0 Å². The standard InChI is InChI=1S/C24H32N4O.HI/c1-4-25-24(27-17-21-16-22(21)19-10-6-5-7-11-19)26-14-13-18-9-8-12-20(15-18)23(29)28(2)3;/h5-12,15,21-22H,4,13-14,16-17H2,1-3H3,(H2,25,26,27);1H. The molecule has 2 atom stereocenters. The van der Waals surface area contributed by atoms with Crippen LogP contribution in [-0.2, 0) is 6.42 Å². The van der Waals surface area contributed by atoms with Gasteiger partial charge in [0.05, 0.1) is 0 Å². The van der Waals surface area contributed by atoms with Crippen LogP contribution in [0.4, 0.5) is 0 Å². The lowest BCUT2D eigenvalue weighted by atomic mass is 10.1. The maximum atomic E-state index is 12.1. The highest BCUT2D eigenvalue weighted by Crippen LogP contribution is 2.47. The van der Waals surface area contributed by atoms with E-state index in [1.54, 1.807) is 19.0 Å². The molecule has 3 rings (SSSR count). The smallest absolute Gasteiger partial charge is 0.253 e. The van der Waals surface area contributed by atoms with Crippen LogP contribution in [0.15, 0.2) is 59.6 Å². The number of carbonyl (C=O) groups excluding carboxylic acids is 1. The summed E-state index contributed by atoms with van der Waals surface area (Å²) in [6.07, 6.45) is 2.06. The number of aliphatic imine (C=N–C) groups is 1. The minimum atomic E-state index is 0. The van der Waals surface area contributed by atoms with Crippen LogP contribution in [0, 0.1) is 5.92 Å². The number of hydrogen-bond acceptors (Lipinski definition) is 2. The van der Waals surface area contributed by atoms with Crippen molar-refractivity contribution in [2.45, 2.75) is 25.7 Å². The van der Waals surface area contributed by atoms with Gasteiger partial charge in [0, 0.05) is 39.3 Å². The molecule has 6 heteroatoms. The highest BCUT2D eigenvalue weighted by Gasteiger charge is 2.37. The van der Waals surface area contributed by atoms with Gasteiger partial charge in [0.25, 0.3) is 5.91 Å². The van der Waals surface area contributed by atoms with Crippen LogP contribution < -0.4 is 10.6 Å². The third-order valence-corrected chi connectivity index (χ3v) is 5.26. The van der Waals surface area contributed by atoms with E-state index in [0.717, 1.165) is 43.1 Å². The molecule has 1 aliphatic carbocycles. The molecule has 1 aliphatic rings. The van der Waals surface area contributed by atoms with Crippen molar-refractivity contribution in [2.24, 2.45) is 10.9 Å². The van der Waals surface area contributed by atoms with E-state index in [1.165, 1.54) is 12.0 Å². The lowest BCUT2D eigenvalue weighted by Crippen LogP contribution is -2.38. The Morgan fingerprint density at radius 2 is 1.87 bits per heavy atom. The first-order valence-corrected chi connectivity index (χ1v) is 10.5. The number of carbonyl (C=O) groups is 1. The van der Waals surface area contributed by atoms with Crippen molar-refractivity contribution in [2.75, 3.05) is 33.7 Å². The van der Waals surface area contributed by atoms with Gasteiger partial charge < -0.3 is 15.5 Å². The van der Waals surface area contributed by atoms with Gasteiger partial charge in [-0.1, -0.05) is 42.5 Å². The fourth-order valence-corrected chi connectivity index (χ4v) is 3.55. The summed E-state index contributed by atoms with van der Waals surface area (Å²) in [5.74, 6) is 2.19. The van der Waals surface area contributed by atoms with Gasteiger partial charge in [-0.2, -0.15) is 0 Å². The van der Waals surface area contributed by atoms with Crippen LogP contribution in [0.1, 0.15) is 40.7 Å². The van der Waals surface area contributed by atoms with Crippen LogP contribution in [-0.4, -0.2) is 50.5 Å². The van der Waals surface area contributed by atoms with Crippen molar-refractivity contribution in [3.05, 3.63) is 71.3 Å². The molecule has 30 heavy (non-hydrogen) atoms. The summed E-state index contributed by atoms with van der Waals surface area (Å²) in [6, 6.07) is 18.6. The molecule has 2 aromatic rings. The second-order valence-electron chi connectivity index (χ2n) is 7.81. The molecular weight excluding hydrogens is 487 g/mol. The highest BCUT2D eigenvalue weighted by molar-refractivity contribution is 14.0. The first kappa shape index (κ1) is 24.2. The molecule has 0 heterocycles. The number of benzene rings is 2. The van der Waals surface area contributed by atoms with Crippen LogP contribution in [0.5, 0.6) is 0 Å². The van der Waals surface area contributed by atoms with Crippen LogP contribution in [0.3, 0.4) is 0 Å². The predicted molar refractivity (Wildman–Crippen MR) is 135 cm³/mol. The summed E-state index contributed by atoms with van der Waals surface area (Å²) >= 11 is 0. The van der Waals surface area contributed by atoms with Crippen LogP contribution in [0.25, 0.3) is 0 Å². The van der Waals surface area contributed by atoms with Gasteiger partial charge in [-0.25, -0.2) is 0 Å². The molecule has 0 aliphatic heterocycles. The second-order valence-corrected chi connectivity index (χ2v) is 7.81.